The van der Waals surface area contributed by atoms with Crippen LogP contribution in [0.3, 0.4) is 0 Å². The zero-order valence-electron chi connectivity index (χ0n) is 11.5. The Labute approximate surface area is 126 Å². The highest BCUT2D eigenvalue weighted by atomic mass is 32.1. The number of aryl methyl sites for hydroxylation is 1. The highest BCUT2D eigenvalue weighted by molar-refractivity contribution is 7.17. The Morgan fingerprint density at radius 2 is 1.95 bits per heavy atom. The molecule has 1 N–H and O–H groups in total. The summed E-state index contributed by atoms with van der Waals surface area (Å²) in [7, 11) is 0. The molecule has 106 valence electrons. The third-order valence-corrected chi connectivity index (χ3v) is 4.33. The van der Waals surface area contributed by atoms with E-state index in [1.807, 2.05) is 42.6 Å². The molecular formula is C17H14O3S. The Bertz CT molecular complexity index is 787. The van der Waals surface area contributed by atoms with Crippen LogP contribution in [0.1, 0.15) is 21.5 Å². The maximum atomic E-state index is 11.1. The summed E-state index contributed by atoms with van der Waals surface area (Å²) in [5.41, 5.74) is 2.51. The van der Waals surface area contributed by atoms with Crippen LogP contribution in [0.4, 0.5) is 0 Å². The molecule has 3 rings (SSSR count). The molecule has 1 heterocycles. The molecule has 0 radical (unpaired) electrons. The zero-order chi connectivity index (χ0) is 14.8. The first-order valence-corrected chi connectivity index (χ1v) is 7.44. The van der Waals surface area contributed by atoms with Crippen molar-refractivity contribution in [3.8, 4) is 5.75 Å². The molecule has 0 spiro atoms. The van der Waals surface area contributed by atoms with Crippen molar-refractivity contribution in [2.24, 2.45) is 0 Å². The third kappa shape index (κ3) is 2.90. The van der Waals surface area contributed by atoms with Gasteiger partial charge in [-0.15, -0.1) is 11.3 Å². The Morgan fingerprint density at radius 1 is 1.19 bits per heavy atom. The van der Waals surface area contributed by atoms with Crippen molar-refractivity contribution in [3.63, 3.8) is 0 Å². The fourth-order valence-corrected chi connectivity index (χ4v) is 3.05. The lowest BCUT2D eigenvalue weighted by molar-refractivity contribution is 0.0697. The summed E-state index contributed by atoms with van der Waals surface area (Å²) in [4.78, 5) is 11.1. The normalized spacial score (nSPS) is 10.7. The van der Waals surface area contributed by atoms with Gasteiger partial charge in [-0.25, -0.2) is 4.79 Å². The van der Waals surface area contributed by atoms with E-state index in [9.17, 15) is 4.79 Å². The average Bonchev–Trinajstić information content (AvgIpc) is 2.89. The van der Waals surface area contributed by atoms with E-state index in [2.05, 4.69) is 0 Å². The highest BCUT2D eigenvalue weighted by Gasteiger charge is 2.09. The zero-order valence-corrected chi connectivity index (χ0v) is 12.3. The largest absolute Gasteiger partial charge is 0.489 e. The maximum absolute atomic E-state index is 11.1. The van der Waals surface area contributed by atoms with Gasteiger partial charge in [0, 0.05) is 10.3 Å². The molecule has 0 saturated carbocycles. The van der Waals surface area contributed by atoms with Crippen LogP contribution in [0.5, 0.6) is 5.75 Å². The lowest BCUT2D eigenvalue weighted by Gasteiger charge is -2.06. The summed E-state index contributed by atoms with van der Waals surface area (Å²) < 4.78 is 6.84. The fraction of sp³-hybridized carbons (Fsp3) is 0.118. The molecule has 0 saturated heterocycles. The van der Waals surface area contributed by atoms with Gasteiger partial charge < -0.3 is 9.84 Å². The van der Waals surface area contributed by atoms with Gasteiger partial charge in [0.2, 0.25) is 0 Å². The molecule has 1 aromatic heterocycles. The van der Waals surface area contributed by atoms with Crippen LogP contribution in [0, 0.1) is 6.92 Å². The summed E-state index contributed by atoms with van der Waals surface area (Å²) >= 11 is 1.60. The van der Waals surface area contributed by atoms with Gasteiger partial charge in [-0.1, -0.05) is 17.7 Å². The second-order valence-corrected chi connectivity index (χ2v) is 5.79. The van der Waals surface area contributed by atoms with Gasteiger partial charge in [0.25, 0.3) is 0 Å². The molecule has 0 bridgehead atoms. The molecule has 0 fully saturated rings. The number of ether oxygens (including phenoxy) is 1. The maximum Gasteiger partial charge on any atom is 0.335 e. The van der Waals surface area contributed by atoms with Crippen LogP contribution in [0.25, 0.3) is 10.1 Å². The van der Waals surface area contributed by atoms with Crippen molar-refractivity contribution in [1.29, 1.82) is 0 Å². The summed E-state index contributed by atoms with van der Waals surface area (Å²) in [5.74, 6) is -0.0946. The second-order valence-electron chi connectivity index (χ2n) is 4.88. The number of fused-ring (bicyclic) bond motifs is 1. The predicted octanol–water partition coefficient (Wildman–Crippen LogP) is 4.49. The van der Waals surface area contributed by atoms with Gasteiger partial charge in [0.05, 0.1) is 5.56 Å². The molecule has 3 aromatic rings. The van der Waals surface area contributed by atoms with Gasteiger partial charge in [0.1, 0.15) is 12.4 Å². The van der Waals surface area contributed by atoms with Crippen molar-refractivity contribution < 1.29 is 14.6 Å². The van der Waals surface area contributed by atoms with Gasteiger partial charge in [0.15, 0.2) is 0 Å². The molecule has 0 aliphatic carbocycles. The summed E-state index contributed by atoms with van der Waals surface area (Å²) in [6, 6.07) is 13.1. The van der Waals surface area contributed by atoms with E-state index in [0.717, 1.165) is 21.4 Å². The molecule has 0 aliphatic rings. The summed E-state index contributed by atoms with van der Waals surface area (Å²) in [6.07, 6.45) is 0. The van der Waals surface area contributed by atoms with Crippen LogP contribution in [-0.4, -0.2) is 11.1 Å². The van der Waals surface area contributed by atoms with E-state index < -0.39 is 5.97 Å². The van der Waals surface area contributed by atoms with Crippen molar-refractivity contribution in [1.82, 2.24) is 0 Å². The van der Waals surface area contributed by atoms with E-state index in [1.165, 1.54) is 5.56 Å². The SMILES string of the molecule is Cc1ccc(OCc2csc3ccc(C(=O)O)cc23)cc1. The number of aromatic carboxylic acids is 1. The molecule has 0 aliphatic heterocycles. The van der Waals surface area contributed by atoms with E-state index in [-0.39, 0.29) is 0 Å². The van der Waals surface area contributed by atoms with Crippen LogP contribution < -0.4 is 4.74 Å². The number of carboxylic acid groups (broad SMARTS) is 1. The minimum atomic E-state index is -0.909. The lowest BCUT2D eigenvalue weighted by Crippen LogP contribution is -1.97. The number of carbonyl (C=O) groups is 1. The number of benzene rings is 2. The number of carboxylic acids is 1. The fourth-order valence-electron chi connectivity index (χ4n) is 2.12. The van der Waals surface area contributed by atoms with Gasteiger partial charge >= 0.3 is 5.97 Å². The Kier molecular flexibility index (Phi) is 3.62. The van der Waals surface area contributed by atoms with E-state index in [4.69, 9.17) is 9.84 Å². The Morgan fingerprint density at radius 3 is 2.67 bits per heavy atom. The lowest BCUT2D eigenvalue weighted by atomic mass is 10.1. The third-order valence-electron chi connectivity index (χ3n) is 3.32. The van der Waals surface area contributed by atoms with Crippen molar-refractivity contribution in [2.45, 2.75) is 13.5 Å². The first-order valence-electron chi connectivity index (χ1n) is 6.56. The minimum absolute atomic E-state index is 0.303. The first-order chi connectivity index (χ1) is 10.1. The molecular weight excluding hydrogens is 284 g/mol. The second kappa shape index (κ2) is 5.58. The van der Waals surface area contributed by atoms with Gasteiger partial charge in [-0.05, 0) is 48.0 Å². The standard InChI is InChI=1S/C17H14O3S/c1-11-2-5-14(6-3-11)20-9-13-10-21-16-7-4-12(17(18)19)8-15(13)16/h2-8,10H,9H2,1H3,(H,18,19). The summed E-state index contributed by atoms with van der Waals surface area (Å²) in [6.45, 7) is 2.47. The molecule has 3 nitrogen and oxygen atoms in total. The van der Waals surface area contributed by atoms with Crippen LogP contribution in [0.2, 0.25) is 0 Å². The van der Waals surface area contributed by atoms with E-state index in [1.54, 1.807) is 23.5 Å². The molecule has 2 aromatic carbocycles. The molecule has 0 amide bonds. The topological polar surface area (TPSA) is 46.5 Å². The highest BCUT2D eigenvalue weighted by Crippen LogP contribution is 2.28. The van der Waals surface area contributed by atoms with Crippen molar-refractivity contribution >= 4 is 27.4 Å². The van der Waals surface area contributed by atoms with Crippen LogP contribution in [-0.2, 0) is 6.61 Å². The van der Waals surface area contributed by atoms with Crippen LogP contribution in [0.15, 0.2) is 47.8 Å². The number of rotatable bonds is 4. The van der Waals surface area contributed by atoms with E-state index in [0.29, 0.717) is 12.2 Å². The Balaban J connectivity index is 1.84. The molecule has 21 heavy (non-hydrogen) atoms. The smallest absolute Gasteiger partial charge is 0.335 e. The van der Waals surface area contributed by atoms with Gasteiger partial charge in [-0.2, -0.15) is 0 Å². The predicted molar refractivity (Wildman–Crippen MR) is 84.3 cm³/mol. The molecule has 4 heteroatoms. The Hall–Kier alpha value is -2.33. The molecule has 0 unspecified atom stereocenters. The van der Waals surface area contributed by atoms with Crippen LogP contribution >= 0.6 is 11.3 Å². The molecule has 0 atom stereocenters. The quantitative estimate of drug-likeness (QED) is 0.772. The number of thiophene rings is 1. The summed E-state index contributed by atoms with van der Waals surface area (Å²) in [5, 5.41) is 12.0. The number of hydrogen-bond acceptors (Lipinski definition) is 3. The number of hydrogen-bond donors (Lipinski definition) is 1. The van der Waals surface area contributed by atoms with Crippen molar-refractivity contribution in [3.05, 3.63) is 64.5 Å². The van der Waals surface area contributed by atoms with E-state index >= 15 is 0 Å². The van der Waals surface area contributed by atoms with Gasteiger partial charge in [-0.3, -0.25) is 0 Å². The monoisotopic (exact) mass is 298 g/mol. The average molecular weight is 298 g/mol. The minimum Gasteiger partial charge on any atom is -0.489 e. The van der Waals surface area contributed by atoms with Crippen molar-refractivity contribution in [2.75, 3.05) is 0 Å². The first kappa shape index (κ1) is 13.6.